The molecule has 0 aliphatic rings. The maximum absolute atomic E-state index is 5.96. The Morgan fingerprint density at radius 1 is 0.667 bits per heavy atom. The molecular weight excluding hydrogens is 370 g/mol. The van der Waals surface area contributed by atoms with Crippen LogP contribution in [0.3, 0.4) is 0 Å². The number of rotatable bonds is 6. The zero-order valence-electron chi connectivity index (χ0n) is 16.3. The number of benzene rings is 1. The number of nitrogens with one attached hydrogen (secondary N) is 1. The van der Waals surface area contributed by atoms with Crippen molar-refractivity contribution < 1.29 is 0 Å². The molecule has 4 aromatic rings. The van der Waals surface area contributed by atoms with E-state index >= 15 is 0 Å². The van der Waals surface area contributed by atoms with Crippen LogP contribution in [0.5, 0.6) is 0 Å². The number of anilines is 3. The SMILES string of the molecule is Nc1cccnc1Nc1cccc(/C=C/c2cncc(/C=C/c3ccncc3)c2)c1. The van der Waals surface area contributed by atoms with E-state index in [1.165, 1.54) is 0 Å². The third kappa shape index (κ3) is 5.17. The van der Waals surface area contributed by atoms with Gasteiger partial charge in [0.15, 0.2) is 5.82 Å². The van der Waals surface area contributed by atoms with Crippen molar-refractivity contribution in [2.24, 2.45) is 0 Å². The molecule has 0 saturated heterocycles. The summed E-state index contributed by atoms with van der Waals surface area (Å²) in [7, 11) is 0. The molecule has 0 atom stereocenters. The zero-order valence-corrected chi connectivity index (χ0v) is 16.3. The summed E-state index contributed by atoms with van der Waals surface area (Å²) in [6.07, 6.45) is 17.2. The maximum atomic E-state index is 5.96. The van der Waals surface area contributed by atoms with Crippen LogP contribution in [-0.4, -0.2) is 15.0 Å². The quantitative estimate of drug-likeness (QED) is 0.451. The molecule has 0 bridgehead atoms. The molecule has 0 spiro atoms. The molecule has 3 N–H and O–H groups in total. The normalized spacial score (nSPS) is 11.2. The summed E-state index contributed by atoms with van der Waals surface area (Å²) in [5.74, 6) is 0.650. The number of nitrogens with zero attached hydrogens (tertiary/aromatic N) is 3. The van der Waals surface area contributed by atoms with Gasteiger partial charge < -0.3 is 11.1 Å². The van der Waals surface area contributed by atoms with Crippen molar-refractivity contribution in [3.8, 4) is 0 Å². The summed E-state index contributed by atoms with van der Waals surface area (Å²) in [5.41, 5.74) is 11.7. The van der Waals surface area contributed by atoms with Crippen LogP contribution in [0.2, 0.25) is 0 Å². The highest BCUT2D eigenvalue weighted by Gasteiger charge is 2.00. The molecule has 146 valence electrons. The van der Waals surface area contributed by atoms with Gasteiger partial charge in [0.2, 0.25) is 0 Å². The molecule has 0 aliphatic carbocycles. The second-order valence-corrected chi connectivity index (χ2v) is 6.69. The van der Waals surface area contributed by atoms with Gasteiger partial charge in [-0.25, -0.2) is 4.98 Å². The average molecular weight is 391 g/mol. The first kappa shape index (κ1) is 19.1. The lowest BCUT2D eigenvalue weighted by atomic mass is 10.1. The Hall–Kier alpha value is -4.25. The summed E-state index contributed by atoms with van der Waals surface area (Å²) in [6, 6.07) is 17.7. The molecule has 3 heterocycles. The van der Waals surface area contributed by atoms with Crippen molar-refractivity contribution in [1.82, 2.24) is 15.0 Å². The topological polar surface area (TPSA) is 76.7 Å². The van der Waals surface area contributed by atoms with E-state index in [9.17, 15) is 0 Å². The lowest BCUT2D eigenvalue weighted by Crippen LogP contribution is -1.98. The molecule has 30 heavy (non-hydrogen) atoms. The fraction of sp³-hybridized carbons (Fsp3) is 0. The first-order valence-corrected chi connectivity index (χ1v) is 9.55. The van der Waals surface area contributed by atoms with Gasteiger partial charge >= 0.3 is 0 Å². The Kier molecular flexibility index (Phi) is 5.91. The van der Waals surface area contributed by atoms with E-state index in [1.54, 1.807) is 18.6 Å². The monoisotopic (exact) mass is 391 g/mol. The third-order valence-corrected chi connectivity index (χ3v) is 4.41. The molecule has 0 aliphatic heterocycles. The van der Waals surface area contributed by atoms with Gasteiger partial charge in [0.25, 0.3) is 0 Å². The van der Waals surface area contributed by atoms with Crippen molar-refractivity contribution in [2.45, 2.75) is 0 Å². The number of hydrogen-bond acceptors (Lipinski definition) is 5. The summed E-state index contributed by atoms with van der Waals surface area (Å²) < 4.78 is 0. The van der Waals surface area contributed by atoms with E-state index in [4.69, 9.17) is 5.73 Å². The van der Waals surface area contributed by atoms with Gasteiger partial charge in [0.1, 0.15) is 0 Å². The molecule has 5 nitrogen and oxygen atoms in total. The molecule has 0 radical (unpaired) electrons. The standard InChI is InChI=1S/C25H21N5/c26-24-5-2-12-29-25(24)30-23-4-1-3-20(16-23)7-9-22-15-21(17-28-18-22)8-6-19-10-13-27-14-11-19/h1-18H,26H2,(H,29,30)/b8-6+,9-7+. The Bertz CT molecular complexity index is 1180. The van der Waals surface area contributed by atoms with Crippen LogP contribution in [-0.2, 0) is 0 Å². The molecule has 4 rings (SSSR count). The fourth-order valence-corrected chi connectivity index (χ4v) is 2.90. The minimum atomic E-state index is 0.612. The Balaban J connectivity index is 1.47. The van der Waals surface area contributed by atoms with E-state index in [2.05, 4.69) is 32.4 Å². The molecule has 5 heteroatoms. The molecular formula is C25H21N5. The Morgan fingerprint density at radius 2 is 1.40 bits per heavy atom. The molecule has 0 unspecified atom stereocenters. The van der Waals surface area contributed by atoms with Crippen LogP contribution >= 0.6 is 0 Å². The lowest BCUT2D eigenvalue weighted by Gasteiger charge is -2.08. The van der Waals surface area contributed by atoms with Crippen LogP contribution in [0.4, 0.5) is 17.2 Å². The van der Waals surface area contributed by atoms with Gasteiger partial charge in [-0.2, -0.15) is 0 Å². The highest BCUT2D eigenvalue weighted by molar-refractivity contribution is 5.75. The van der Waals surface area contributed by atoms with Gasteiger partial charge in [-0.3, -0.25) is 9.97 Å². The highest BCUT2D eigenvalue weighted by atomic mass is 15.0. The summed E-state index contributed by atoms with van der Waals surface area (Å²) >= 11 is 0. The van der Waals surface area contributed by atoms with Gasteiger partial charge in [-0.05, 0) is 64.7 Å². The number of hydrogen-bond donors (Lipinski definition) is 2. The first-order chi connectivity index (χ1) is 14.8. The van der Waals surface area contributed by atoms with Crippen LogP contribution < -0.4 is 11.1 Å². The van der Waals surface area contributed by atoms with E-state index < -0.39 is 0 Å². The Morgan fingerprint density at radius 3 is 2.17 bits per heavy atom. The third-order valence-electron chi connectivity index (χ3n) is 4.41. The van der Waals surface area contributed by atoms with Crippen molar-refractivity contribution in [2.75, 3.05) is 11.1 Å². The van der Waals surface area contributed by atoms with Crippen LogP contribution in [0.25, 0.3) is 24.3 Å². The van der Waals surface area contributed by atoms with Gasteiger partial charge in [0.05, 0.1) is 5.69 Å². The molecule has 1 aromatic carbocycles. The van der Waals surface area contributed by atoms with Crippen molar-refractivity contribution in [3.63, 3.8) is 0 Å². The molecule has 0 saturated carbocycles. The maximum Gasteiger partial charge on any atom is 0.153 e. The number of nitrogen functional groups attached to an aromatic ring is 1. The van der Waals surface area contributed by atoms with Crippen LogP contribution in [0.1, 0.15) is 22.3 Å². The van der Waals surface area contributed by atoms with E-state index in [1.807, 2.05) is 79.2 Å². The fourth-order valence-electron chi connectivity index (χ4n) is 2.90. The van der Waals surface area contributed by atoms with Crippen molar-refractivity contribution in [1.29, 1.82) is 0 Å². The predicted octanol–water partition coefficient (Wildman–Crippen LogP) is 5.54. The second kappa shape index (κ2) is 9.30. The van der Waals surface area contributed by atoms with Crippen molar-refractivity contribution >= 4 is 41.5 Å². The Labute approximate surface area is 175 Å². The van der Waals surface area contributed by atoms with Crippen molar-refractivity contribution in [3.05, 3.63) is 108 Å². The average Bonchev–Trinajstić information content (AvgIpc) is 2.79. The predicted molar refractivity (Wildman–Crippen MR) is 125 cm³/mol. The molecule has 3 aromatic heterocycles. The van der Waals surface area contributed by atoms with E-state index in [0.717, 1.165) is 27.9 Å². The van der Waals surface area contributed by atoms with Gasteiger partial charge in [-0.15, -0.1) is 0 Å². The minimum Gasteiger partial charge on any atom is -0.396 e. The molecule has 0 fully saturated rings. The van der Waals surface area contributed by atoms with Crippen LogP contribution in [0.15, 0.2) is 85.6 Å². The smallest absolute Gasteiger partial charge is 0.153 e. The highest BCUT2D eigenvalue weighted by Crippen LogP contribution is 2.21. The zero-order chi connectivity index (χ0) is 20.6. The van der Waals surface area contributed by atoms with E-state index in [-0.39, 0.29) is 0 Å². The summed E-state index contributed by atoms with van der Waals surface area (Å²) in [6.45, 7) is 0. The summed E-state index contributed by atoms with van der Waals surface area (Å²) in [4.78, 5) is 12.6. The minimum absolute atomic E-state index is 0.612. The number of nitrogens with two attached hydrogens (primary N) is 1. The van der Waals surface area contributed by atoms with E-state index in [0.29, 0.717) is 11.5 Å². The molecule has 0 amide bonds. The van der Waals surface area contributed by atoms with Gasteiger partial charge in [0, 0.05) is 36.7 Å². The largest absolute Gasteiger partial charge is 0.396 e. The second-order valence-electron chi connectivity index (χ2n) is 6.69. The van der Waals surface area contributed by atoms with Crippen LogP contribution in [0, 0.1) is 0 Å². The van der Waals surface area contributed by atoms with Gasteiger partial charge in [-0.1, -0.05) is 36.4 Å². The summed E-state index contributed by atoms with van der Waals surface area (Å²) in [5, 5.41) is 3.26. The number of aromatic nitrogens is 3. The lowest BCUT2D eigenvalue weighted by molar-refractivity contribution is 1.30. The number of pyridine rings is 3. The first-order valence-electron chi connectivity index (χ1n) is 9.55.